The van der Waals surface area contributed by atoms with Gasteiger partial charge in [0.05, 0.1) is 0 Å². The molecule has 0 aliphatic heterocycles. The number of benzene rings is 1. The lowest BCUT2D eigenvalue weighted by Gasteiger charge is -2.23. The summed E-state index contributed by atoms with van der Waals surface area (Å²) in [5.41, 5.74) is 6.99. The molecule has 0 N–H and O–H groups in total. The number of rotatable bonds is 0. The van der Waals surface area contributed by atoms with Gasteiger partial charge < -0.3 is 0 Å². The molecule has 2 aliphatic rings. The van der Waals surface area contributed by atoms with E-state index in [4.69, 9.17) is 0 Å². The Kier molecular flexibility index (Phi) is 2.18. The summed E-state index contributed by atoms with van der Waals surface area (Å²) >= 11 is 3.54. The molecule has 1 atom stereocenters. The second kappa shape index (κ2) is 3.46. The summed E-state index contributed by atoms with van der Waals surface area (Å²) in [5, 5.41) is 0. The van der Waals surface area contributed by atoms with Crippen molar-refractivity contribution in [2.24, 2.45) is 0 Å². The molecule has 80 valence electrons. The van der Waals surface area contributed by atoms with Gasteiger partial charge in [-0.25, -0.2) is 0 Å². The van der Waals surface area contributed by atoms with Crippen LogP contribution in [0.1, 0.15) is 30.9 Å². The smallest absolute Gasteiger partial charge is 0.0181 e. The molecule has 0 bridgehead atoms. The Balaban J connectivity index is 2.22. The van der Waals surface area contributed by atoms with Crippen molar-refractivity contribution in [1.29, 1.82) is 0 Å². The van der Waals surface area contributed by atoms with Gasteiger partial charge in [-0.2, -0.15) is 0 Å². The minimum atomic E-state index is 0.511. The van der Waals surface area contributed by atoms with E-state index >= 15 is 0 Å². The van der Waals surface area contributed by atoms with Crippen molar-refractivity contribution in [3.05, 3.63) is 62.7 Å². The molecule has 1 unspecified atom stereocenters. The maximum absolute atomic E-state index is 3.54. The number of hydrogen-bond acceptors (Lipinski definition) is 0. The standard InChI is InChI=1S/C15H13Br/c1-9-5-11-7-12-8-13(16)3-4-14(12)10(2)15(11)6-9/h3-8,10H,1-2H3. The molecule has 0 saturated heterocycles. The zero-order valence-corrected chi connectivity index (χ0v) is 11.0. The third-order valence-electron chi connectivity index (χ3n) is 3.39. The number of allylic oxidation sites excluding steroid dienone is 5. The molecule has 0 amide bonds. The Morgan fingerprint density at radius 3 is 2.75 bits per heavy atom. The van der Waals surface area contributed by atoms with Crippen LogP contribution >= 0.6 is 15.9 Å². The molecule has 0 nitrogen and oxygen atoms in total. The second-order valence-corrected chi connectivity index (χ2v) is 5.50. The van der Waals surface area contributed by atoms with E-state index in [0.29, 0.717) is 5.92 Å². The molecular formula is C15H13Br. The van der Waals surface area contributed by atoms with Gasteiger partial charge in [0.25, 0.3) is 0 Å². The van der Waals surface area contributed by atoms with E-state index in [2.05, 4.69) is 66.2 Å². The van der Waals surface area contributed by atoms with Crippen LogP contribution in [-0.4, -0.2) is 0 Å². The highest BCUT2D eigenvalue weighted by Crippen LogP contribution is 2.42. The van der Waals surface area contributed by atoms with Gasteiger partial charge in [-0.3, -0.25) is 0 Å². The second-order valence-electron chi connectivity index (χ2n) is 4.58. The van der Waals surface area contributed by atoms with E-state index < -0.39 is 0 Å². The molecule has 2 aliphatic carbocycles. The monoisotopic (exact) mass is 272 g/mol. The molecule has 16 heavy (non-hydrogen) atoms. The quantitative estimate of drug-likeness (QED) is 0.634. The predicted molar refractivity (Wildman–Crippen MR) is 72.4 cm³/mol. The highest BCUT2D eigenvalue weighted by atomic mass is 79.9. The lowest BCUT2D eigenvalue weighted by Crippen LogP contribution is -2.05. The van der Waals surface area contributed by atoms with Gasteiger partial charge >= 0.3 is 0 Å². The zero-order chi connectivity index (χ0) is 11.3. The van der Waals surface area contributed by atoms with Crippen LogP contribution < -0.4 is 0 Å². The van der Waals surface area contributed by atoms with E-state index in [-0.39, 0.29) is 0 Å². The zero-order valence-electron chi connectivity index (χ0n) is 9.42. The Morgan fingerprint density at radius 2 is 1.94 bits per heavy atom. The Bertz CT molecular complexity index is 559. The van der Waals surface area contributed by atoms with Crippen LogP contribution in [0.3, 0.4) is 0 Å². The van der Waals surface area contributed by atoms with E-state index in [1.54, 1.807) is 0 Å². The Morgan fingerprint density at radius 1 is 1.12 bits per heavy atom. The van der Waals surface area contributed by atoms with Crippen molar-refractivity contribution >= 4 is 22.0 Å². The SMILES string of the molecule is CC1=CC2=Cc3cc(Br)ccc3C(C)C2=C1. The summed E-state index contributed by atoms with van der Waals surface area (Å²) in [6.07, 6.45) is 6.87. The van der Waals surface area contributed by atoms with E-state index in [9.17, 15) is 0 Å². The maximum atomic E-state index is 3.54. The molecule has 1 aromatic rings. The fourth-order valence-electron chi connectivity index (χ4n) is 2.60. The van der Waals surface area contributed by atoms with Crippen molar-refractivity contribution in [2.45, 2.75) is 19.8 Å². The van der Waals surface area contributed by atoms with Gasteiger partial charge in [-0.15, -0.1) is 0 Å². The Labute approximate surface area is 105 Å². The average Bonchev–Trinajstić information content (AvgIpc) is 2.59. The largest absolute Gasteiger partial charge is 0.0567 e. The summed E-state index contributed by atoms with van der Waals surface area (Å²) in [5.74, 6) is 0.511. The van der Waals surface area contributed by atoms with Crippen LogP contribution in [-0.2, 0) is 0 Å². The normalized spacial score (nSPS) is 21.9. The first-order valence-electron chi connectivity index (χ1n) is 5.56. The maximum Gasteiger partial charge on any atom is 0.0181 e. The number of halogens is 1. The van der Waals surface area contributed by atoms with Crippen molar-refractivity contribution in [3.63, 3.8) is 0 Å². The molecule has 0 saturated carbocycles. The molecule has 0 radical (unpaired) electrons. The minimum Gasteiger partial charge on any atom is -0.0567 e. The summed E-state index contributed by atoms with van der Waals surface area (Å²) in [4.78, 5) is 0. The highest BCUT2D eigenvalue weighted by molar-refractivity contribution is 9.10. The lowest BCUT2D eigenvalue weighted by molar-refractivity contribution is 0.902. The highest BCUT2D eigenvalue weighted by Gasteiger charge is 2.24. The van der Waals surface area contributed by atoms with Gasteiger partial charge in [0.2, 0.25) is 0 Å². The molecule has 0 fully saturated rings. The summed E-state index contributed by atoms with van der Waals surface area (Å²) in [6.45, 7) is 4.46. The third-order valence-corrected chi connectivity index (χ3v) is 3.89. The van der Waals surface area contributed by atoms with Crippen molar-refractivity contribution in [1.82, 2.24) is 0 Å². The van der Waals surface area contributed by atoms with Gasteiger partial charge in [-0.1, -0.05) is 46.6 Å². The fourth-order valence-corrected chi connectivity index (χ4v) is 2.98. The molecular weight excluding hydrogens is 260 g/mol. The topological polar surface area (TPSA) is 0 Å². The predicted octanol–water partition coefficient (Wildman–Crippen LogP) is 4.84. The van der Waals surface area contributed by atoms with Gasteiger partial charge in [0.15, 0.2) is 0 Å². The van der Waals surface area contributed by atoms with Crippen molar-refractivity contribution < 1.29 is 0 Å². The van der Waals surface area contributed by atoms with Gasteiger partial charge in [-0.05, 0) is 47.4 Å². The average molecular weight is 273 g/mol. The van der Waals surface area contributed by atoms with Gasteiger partial charge in [0, 0.05) is 10.4 Å². The Hall–Kier alpha value is -1.08. The van der Waals surface area contributed by atoms with Crippen LogP contribution in [0.5, 0.6) is 0 Å². The van der Waals surface area contributed by atoms with Crippen molar-refractivity contribution in [2.75, 3.05) is 0 Å². The lowest BCUT2D eigenvalue weighted by atomic mass is 9.81. The molecule has 0 aromatic heterocycles. The summed E-state index contributed by atoms with van der Waals surface area (Å²) < 4.78 is 1.15. The molecule has 0 spiro atoms. The van der Waals surface area contributed by atoms with Gasteiger partial charge in [0.1, 0.15) is 0 Å². The number of hydrogen-bond donors (Lipinski definition) is 0. The first-order valence-corrected chi connectivity index (χ1v) is 6.36. The van der Waals surface area contributed by atoms with Crippen LogP contribution in [0.2, 0.25) is 0 Å². The molecule has 1 heteroatoms. The molecule has 3 rings (SSSR count). The molecule has 1 aromatic carbocycles. The van der Waals surface area contributed by atoms with Crippen LogP contribution in [0.4, 0.5) is 0 Å². The van der Waals surface area contributed by atoms with Crippen LogP contribution in [0, 0.1) is 0 Å². The van der Waals surface area contributed by atoms with E-state index in [1.807, 2.05) is 0 Å². The van der Waals surface area contributed by atoms with E-state index in [1.165, 1.54) is 27.8 Å². The van der Waals surface area contributed by atoms with Crippen LogP contribution in [0.15, 0.2) is 51.5 Å². The van der Waals surface area contributed by atoms with Crippen LogP contribution in [0.25, 0.3) is 6.08 Å². The first-order chi connectivity index (χ1) is 7.65. The summed E-state index contributed by atoms with van der Waals surface area (Å²) in [7, 11) is 0. The first kappa shape index (κ1) is 10.1. The minimum absolute atomic E-state index is 0.511. The summed E-state index contributed by atoms with van der Waals surface area (Å²) in [6, 6.07) is 6.56. The van der Waals surface area contributed by atoms with Crippen molar-refractivity contribution in [3.8, 4) is 0 Å². The fraction of sp³-hybridized carbons (Fsp3) is 0.200. The number of fused-ring (bicyclic) bond motifs is 2. The molecule has 0 heterocycles. The van der Waals surface area contributed by atoms with E-state index in [0.717, 1.165) is 4.47 Å². The third kappa shape index (κ3) is 1.42.